The molecule has 2 rings (SSSR count). The Morgan fingerprint density at radius 1 is 1.25 bits per heavy atom. The van der Waals surface area contributed by atoms with Gasteiger partial charge in [-0.05, 0) is 12.1 Å². The van der Waals surface area contributed by atoms with Gasteiger partial charge in [-0.15, -0.1) is 0 Å². The summed E-state index contributed by atoms with van der Waals surface area (Å²) in [6.45, 7) is 0.375. The van der Waals surface area contributed by atoms with Crippen molar-refractivity contribution in [1.29, 1.82) is 0 Å². The quantitative estimate of drug-likeness (QED) is 0.859. The van der Waals surface area contributed by atoms with Crippen LogP contribution in [-0.4, -0.2) is 19.1 Å². The minimum atomic E-state index is -0.324. The summed E-state index contributed by atoms with van der Waals surface area (Å²) >= 11 is 17.9. The molecule has 1 N–H and O–H groups in total. The number of hydrogen-bond donors (Lipinski definition) is 1. The lowest BCUT2D eigenvalue weighted by Crippen LogP contribution is -2.38. The predicted molar refractivity (Wildman–Crippen MR) is 63.2 cm³/mol. The van der Waals surface area contributed by atoms with Crippen LogP contribution in [0, 0.1) is 0 Å². The van der Waals surface area contributed by atoms with Gasteiger partial charge in [0.05, 0.1) is 0 Å². The predicted octanol–water partition coefficient (Wildman–Crippen LogP) is 2.83. The highest BCUT2D eigenvalue weighted by molar-refractivity contribution is 6.39. The lowest BCUT2D eigenvalue weighted by molar-refractivity contribution is -0.133. The van der Waals surface area contributed by atoms with Crippen molar-refractivity contribution in [2.45, 2.75) is 6.10 Å². The number of amides is 1. The first-order chi connectivity index (χ1) is 7.58. The van der Waals surface area contributed by atoms with Gasteiger partial charge in [0.1, 0.15) is 12.7 Å². The molecule has 1 aliphatic rings. The monoisotopic (exact) mass is 279 g/mol. The van der Waals surface area contributed by atoms with Crippen LogP contribution in [0.1, 0.15) is 11.7 Å². The number of morpholine rings is 1. The second-order valence-corrected chi connectivity index (χ2v) is 4.64. The Morgan fingerprint density at radius 2 is 1.88 bits per heavy atom. The third-order valence-electron chi connectivity index (χ3n) is 2.27. The van der Waals surface area contributed by atoms with Crippen LogP contribution in [0.15, 0.2) is 12.1 Å². The molecule has 16 heavy (non-hydrogen) atoms. The number of rotatable bonds is 1. The molecular weight excluding hydrogens is 272 g/mol. The van der Waals surface area contributed by atoms with Crippen molar-refractivity contribution in [2.24, 2.45) is 0 Å². The van der Waals surface area contributed by atoms with Crippen LogP contribution in [0.2, 0.25) is 15.1 Å². The number of halogens is 3. The van der Waals surface area contributed by atoms with Crippen molar-refractivity contribution in [3.05, 3.63) is 32.8 Å². The highest BCUT2D eigenvalue weighted by atomic mass is 35.5. The van der Waals surface area contributed by atoms with Crippen molar-refractivity contribution < 1.29 is 9.53 Å². The zero-order valence-corrected chi connectivity index (χ0v) is 10.4. The molecule has 0 aromatic heterocycles. The van der Waals surface area contributed by atoms with Gasteiger partial charge in [0.15, 0.2) is 0 Å². The van der Waals surface area contributed by atoms with E-state index in [-0.39, 0.29) is 18.6 Å². The summed E-state index contributed by atoms with van der Waals surface area (Å²) in [7, 11) is 0. The summed E-state index contributed by atoms with van der Waals surface area (Å²) in [5.74, 6) is -0.141. The van der Waals surface area contributed by atoms with Gasteiger partial charge in [-0.25, -0.2) is 0 Å². The van der Waals surface area contributed by atoms with E-state index < -0.39 is 0 Å². The van der Waals surface area contributed by atoms with E-state index in [1.54, 1.807) is 12.1 Å². The number of carbonyl (C=O) groups is 1. The minimum absolute atomic E-state index is 0.0138. The normalized spacial score (nSPS) is 20.7. The topological polar surface area (TPSA) is 38.3 Å². The van der Waals surface area contributed by atoms with Crippen molar-refractivity contribution in [3.8, 4) is 0 Å². The largest absolute Gasteiger partial charge is 0.362 e. The third kappa shape index (κ3) is 2.43. The molecule has 1 heterocycles. The van der Waals surface area contributed by atoms with E-state index in [0.29, 0.717) is 27.2 Å². The molecule has 1 aliphatic heterocycles. The Hall–Kier alpha value is -0.480. The molecule has 1 aromatic rings. The fourth-order valence-corrected chi connectivity index (χ4v) is 2.60. The lowest BCUT2D eigenvalue weighted by atomic mass is 10.1. The van der Waals surface area contributed by atoms with Gasteiger partial charge in [0.2, 0.25) is 5.91 Å². The maximum absolute atomic E-state index is 10.9. The van der Waals surface area contributed by atoms with Crippen LogP contribution in [-0.2, 0) is 9.53 Å². The van der Waals surface area contributed by atoms with Crippen LogP contribution in [0.4, 0.5) is 0 Å². The van der Waals surface area contributed by atoms with E-state index in [9.17, 15) is 4.79 Å². The molecule has 1 aromatic carbocycles. The maximum atomic E-state index is 10.9. The molecule has 1 fully saturated rings. The third-order valence-corrected chi connectivity index (χ3v) is 3.11. The zero-order valence-electron chi connectivity index (χ0n) is 8.10. The Bertz CT molecular complexity index is 403. The van der Waals surface area contributed by atoms with Crippen LogP contribution in [0.5, 0.6) is 0 Å². The molecule has 3 nitrogen and oxygen atoms in total. The Kier molecular flexibility index (Phi) is 3.60. The molecule has 0 spiro atoms. The van der Waals surface area contributed by atoms with Gasteiger partial charge >= 0.3 is 0 Å². The van der Waals surface area contributed by atoms with E-state index in [1.807, 2.05) is 0 Å². The fourth-order valence-electron chi connectivity index (χ4n) is 1.54. The average Bonchev–Trinajstić information content (AvgIpc) is 2.19. The first-order valence-corrected chi connectivity index (χ1v) is 5.74. The molecule has 6 heteroatoms. The van der Waals surface area contributed by atoms with Crippen LogP contribution >= 0.6 is 34.8 Å². The second-order valence-electron chi connectivity index (χ2n) is 3.39. The van der Waals surface area contributed by atoms with Crippen LogP contribution < -0.4 is 5.32 Å². The van der Waals surface area contributed by atoms with Crippen LogP contribution in [0.3, 0.4) is 0 Å². The molecule has 0 radical (unpaired) electrons. The molecular formula is C10H8Cl3NO2. The second kappa shape index (κ2) is 4.80. The molecule has 86 valence electrons. The van der Waals surface area contributed by atoms with Crippen molar-refractivity contribution >= 4 is 40.7 Å². The average molecular weight is 281 g/mol. The Morgan fingerprint density at radius 3 is 2.38 bits per heavy atom. The molecule has 0 bridgehead atoms. The van der Waals surface area contributed by atoms with Gasteiger partial charge in [0, 0.05) is 27.2 Å². The van der Waals surface area contributed by atoms with Crippen LogP contribution in [0.25, 0.3) is 0 Å². The fraction of sp³-hybridized carbons (Fsp3) is 0.300. The van der Waals surface area contributed by atoms with Gasteiger partial charge in [-0.1, -0.05) is 34.8 Å². The summed E-state index contributed by atoms with van der Waals surface area (Å²) in [6, 6.07) is 3.20. The smallest absolute Gasteiger partial charge is 0.246 e. The molecule has 1 atom stereocenters. The van der Waals surface area contributed by atoms with E-state index in [2.05, 4.69) is 5.32 Å². The Balaban J connectivity index is 2.30. The van der Waals surface area contributed by atoms with Gasteiger partial charge in [-0.3, -0.25) is 4.79 Å². The summed E-state index contributed by atoms with van der Waals surface area (Å²) < 4.78 is 5.35. The highest BCUT2D eigenvalue weighted by Gasteiger charge is 2.24. The van der Waals surface area contributed by atoms with E-state index >= 15 is 0 Å². The van der Waals surface area contributed by atoms with E-state index in [0.717, 1.165) is 0 Å². The van der Waals surface area contributed by atoms with Crippen molar-refractivity contribution in [1.82, 2.24) is 5.32 Å². The van der Waals surface area contributed by atoms with E-state index in [1.165, 1.54) is 0 Å². The van der Waals surface area contributed by atoms with Crippen molar-refractivity contribution in [3.63, 3.8) is 0 Å². The number of ether oxygens (including phenoxy) is 1. The van der Waals surface area contributed by atoms with Gasteiger partial charge in [-0.2, -0.15) is 0 Å². The molecule has 0 saturated carbocycles. The molecule has 1 unspecified atom stereocenters. The summed E-state index contributed by atoms with van der Waals surface area (Å²) in [6.07, 6.45) is -0.324. The standard InChI is InChI=1S/C10H8Cl3NO2/c11-5-1-6(12)10(7(13)2-5)8-3-14-9(15)4-16-8/h1-2,8H,3-4H2,(H,14,15). The summed E-state index contributed by atoms with van der Waals surface area (Å²) in [5, 5.41) is 4.04. The Labute approximate surface area is 108 Å². The number of hydrogen-bond acceptors (Lipinski definition) is 2. The molecule has 0 aliphatic carbocycles. The highest BCUT2D eigenvalue weighted by Crippen LogP contribution is 2.35. The molecule has 1 amide bonds. The summed E-state index contributed by atoms with van der Waals surface area (Å²) in [5.41, 5.74) is 0.660. The van der Waals surface area contributed by atoms with Crippen molar-refractivity contribution in [2.75, 3.05) is 13.2 Å². The summed E-state index contributed by atoms with van der Waals surface area (Å²) in [4.78, 5) is 10.9. The first kappa shape index (κ1) is 12.0. The minimum Gasteiger partial charge on any atom is -0.362 e. The molecule has 1 saturated heterocycles. The van der Waals surface area contributed by atoms with E-state index in [4.69, 9.17) is 39.5 Å². The van der Waals surface area contributed by atoms with Gasteiger partial charge in [0.25, 0.3) is 0 Å². The zero-order chi connectivity index (χ0) is 11.7. The first-order valence-electron chi connectivity index (χ1n) is 4.60. The van der Waals surface area contributed by atoms with Gasteiger partial charge < -0.3 is 10.1 Å². The SMILES string of the molecule is O=C1COC(c2c(Cl)cc(Cl)cc2Cl)CN1. The number of benzene rings is 1. The number of carbonyl (C=O) groups excluding carboxylic acids is 1. The number of nitrogens with one attached hydrogen (secondary N) is 1. The lowest BCUT2D eigenvalue weighted by Gasteiger charge is -2.25. The maximum Gasteiger partial charge on any atom is 0.246 e.